The van der Waals surface area contributed by atoms with E-state index in [0.717, 1.165) is 17.6 Å². The van der Waals surface area contributed by atoms with Crippen molar-refractivity contribution in [2.24, 2.45) is 0 Å². The summed E-state index contributed by atoms with van der Waals surface area (Å²) in [6.45, 7) is 0. The second kappa shape index (κ2) is 4.87. The van der Waals surface area contributed by atoms with Gasteiger partial charge in [0.15, 0.2) is 0 Å². The van der Waals surface area contributed by atoms with Crippen LogP contribution in [0.15, 0.2) is 53.0 Å². The Morgan fingerprint density at radius 1 is 1.00 bits per heavy atom. The number of rotatable bonds is 3. The molecule has 0 spiro atoms. The van der Waals surface area contributed by atoms with E-state index in [1.807, 2.05) is 24.3 Å². The van der Waals surface area contributed by atoms with E-state index < -0.39 is 0 Å². The van der Waals surface area contributed by atoms with Crippen LogP contribution in [0.25, 0.3) is 28.0 Å². The standard InChI is InChI=1S/C16H13ClO/c17-10-4-3-5-12-8-9-16-14(11-12)13-6-1-2-7-15(13)18-16/h1-3,5-9,11H,4,10H2. The van der Waals surface area contributed by atoms with Crippen molar-refractivity contribution in [2.45, 2.75) is 6.42 Å². The highest BCUT2D eigenvalue weighted by Gasteiger charge is 2.05. The Morgan fingerprint density at radius 2 is 1.83 bits per heavy atom. The first-order chi connectivity index (χ1) is 8.88. The van der Waals surface area contributed by atoms with Gasteiger partial charge in [-0.15, -0.1) is 11.6 Å². The van der Waals surface area contributed by atoms with Gasteiger partial charge >= 0.3 is 0 Å². The summed E-state index contributed by atoms with van der Waals surface area (Å²) < 4.78 is 5.79. The number of fused-ring (bicyclic) bond motifs is 3. The van der Waals surface area contributed by atoms with E-state index in [2.05, 4.69) is 30.4 Å². The monoisotopic (exact) mass is 256 g/mol. The molecule has 0 fully saturated rings. The average Bonchev–Trinajstić information content (AvgIpc) is 2.77. The fourth-order valence-corrected chi connectivity index (χ4v) is 2.26. The Labute approximate surface area is 111 Å². The first-order valence-electron chi connectivity index (χ1n) is 6.02. The lowest BCUT2D eigenvalue weighted by Crippen LogP contribution is -1.73. The molecule has 2 heteroatoms. The van der Waals surface area contributed by atoms with Crippen LogP contribution < -0.4 is 0 Å². The van der Waals surface area contributed by atoms with E-state index in [-0.39, 0.29) is 0 Å². The molecule has 18 heavy (non-hydrogen) atoms. The number of alkyl halides is 1. The fourth-order valence-electron chi connectivity index (χ4n) is 2.13. The summed E-state index contributed by atoms with van der Waals surface area (Å²) in [4.78, 5) is 0. The van der Waals surface area contributed by atoms with Crippen LogP contribution in [0.1, 0.15) is 12.0 Å². The normalized spacial score (nSPS) is 11.8. The van der Waals surface area contributed by atoms with Gasteiger partial charge in [0.05, 0.1) is 0 Å². The summed E-state index contributed by atoms with van der Waals surface area (Å²) >= 11 is 5.66. The van der Waals surface area contributed by atoms with Crippen molar-refractivity contribution in [3.8, 4) is 0 Å². The maximum Gasteiger partial charge on any atom is 0.135 e. The molecule has 0 aliphatic heterocycles. The van der Waals surface area contributed by atoms with Gasteiger partial charge in [0, 0.05) is 16.7 Å². The first-order valence-corrected chi connectivity index (χ1v) is 6.56. The van der Waals surface area contributed by atoms with Crippen molar-refractivity contribution < 1.29 is 4.42 Å². The number of hydrogen-bond acceptors (Lipinski definition) is 1. The second-order valence-electron chi connectivity index (χ2n) is 4.23. The minimum Gasteiger partial charge on any atom is -0.456 e. The van der Waals surface area contributed by atoms with Gasteiger partial charge < -0.3 is 4.42 Å². The average molecular weight is 257 g/mol. The van der Waals surface area contributed by atoms with Crippen molar-refractivity contribution in [2.75, 3.05) is 5.88 Å². The van der Waals surface area contributed by atoms with E-state index in [0.29, 0.717) is 5.88 Å². The first kappa shape index (κ1) is 11.4. The number of furan rings is 1. The van der Waals surface area contributed by atoms with E-state index in [9.17, 15) is 0 Å². The van der Waals surface area contributed by atoms with Crippen LogP contribution in [-0.2, 0) is 0 Å². The molecule has 1 nitrogen and oxygen atoms in total. The number of allylic oxidation sites excluding steroid dienone is 1. The molecule has 0 aliphatic rings. The third kappa shape index (κ3) is 2.02. The molecule has 0 amide bonds. The molecule has 90 valence electrons. The summed E-state index contributed by atoms with van der Waals surface area (Å²) in [7, 11) is 0. The third-order valence-corrected chi connectivity index (χ3v) is 3.21. The molecule has 3 rings (SSSR count). The zero-order valence-corrected chi connectivity index (χ0v) is 10.7. The van der Waals surface area contributed by atoms with Crippen molar-refractivity contribution in [1.29, 1.82) is 0 Å². The molecule has 0 aliphatic carbocycles. The largest absolute Gasteiger partial charge is 0.456 e. The fraction of sp³-hybridized carbons (Fsp3) is 0.125. The zero-order valence-electron chi connectivity index (χ0n) is 9.90. The van der Waals surface area contributed by atoms with Crippen LogP contribution in [0.4, 0.5) is 0 Å². The summed E-state index contributed by atoms with van der Waals surface area (Å²) in [5.41, 5.74) is 3.05. The van der Waals surface area contributed by atoms with E-state index in [1.54, 1.807) is 0 Å². The summed E-state index contributed by atoms with van der Waals surface area (Å²) in [6.07, 6.45) is 5.09. The quantitative estimate of drug-likeness (QED) is 0.585. The molecular weight excluding hydrogens is 244 g/mol. The van der Waals surface area contributed by atoms with Crippen LogP contribution in [0.3, 0.4) is 0 Å². The predicted octanol–water partition coefficient (Wildman–Crippen LogP) is 5.23. The highest BCUT2D eigenvalue weighted by Crippen LogP contribution is 2.29. The third-order valence-electron chi connectivity index (χ3n) is 2.99. The number of halogens is 1. The predicted molar refractivity (Wildman–Crippen MR) is 78.1 cm³/mol. The minimum atomic E-state index is 0.660. The van der Waals surface area contributed by atoms with Gasteiger partial charge in [-0.3, -0.25) is 0 Å². The van der Waals surface area contributed by atoms with Gasteiger partial charge in [0.2, 0.25) is 0 Å². The lowest BCUT2D eigenvalue weighted by atomic mass is 10.1. The Balaban J connectivity index is 2.12. The van der Waals surface area contributed by atoms with Gasteiger partial charge in [0.25, 0.3) is 0 Å². The number of para-hydroxylation sites is 1. The molecule has 1 aromatic heterocycles. The summed E-state index contributed by atoms with van der Waals surface area (Å²) in [6, 6.07) is 14.4. The zero-order chi connectivity index (χ0) is 12.4. The van der Waals surface area contributed by atoms with Gasteiger partial charge in [0.1, 0.15) is 11.2 Å². The van der Waals surface area contributed by atoms with Gasteiger partial charge in [-0.05, 0) is 30.2 Å². The Morgan fingerprint density at radius 3 is 2.72 bits per heavy atom. The van der Waals surface area contributed by atoms with Crippen molar-refractivity contribution >= 4 is 39.6 Å². The van der Waals surface area contributed by atoms with Crippen molar-refractivity contribution in [1.82, 2.24) is 0 Å². The van der Waals surface area contributed by atoms with Crippen LogP contribution in [0.5, 0.6) is 0 Å². The molecule has 0 atom stereocenters. The lowest BCUT2D eigenvalue weighted by molar-refractivity contribution is 0.669. The smallest absolute Gasteiger partial charge is 0.135 e. The maximum atomic E-state index is 5.79. The van der Waals surface area contributed by atoms with E-state index in [1.165, 1.54) is 16.3 Å². The molecule has 0 radical (unpaired) electrons. The summed E-state index contributed by atoms with van der Waals surface area (Å²) in [5.74, 6) is 0.660. The maximum absolute atomic E-state index is 5.79. The van der Waals surface area contributed by atoms with Gasteiger partial charge in [-0.2, -0.15) is 0 Å². The summed E-state index contributed by atoms with van der Waals surface area (Å²) in [5, 5.41) is 2.33. The van der Waals surface area contributed by atoms with E-state index >= 15 is 0 Å². The minimum absolute atomic E-state index is 0.660. The van der Waals surface area contributed by atoms with Gasteiger partial charge in [-0.1, -0.05) is 36.4 Å². The molecule has 0 saturated heterocycles. The Kier molecular flexibility index (Phi) is 3.07. The number of hydrogen-bond donors (Lipinski definition) is 0. The molecule has 1 heterocycles. The highest BCUT2D eigenvalue weighted by atomic mass is 35.5. The Hall–Kier alpha value is -1.73. The molecule has 0 bridgehead atoms. The second-order valence-corrected chi connectivity index (χ2v) is 4.61. The van der Waals surface area contributed by atoms with Crippen LogP contribution in [0.2, 0.25) is 0 Å². The van der Waals surface area contributed by atoms with Crippen molar-refractivity contribution in [3.05, 3.63) is 54.1 Å². The molecule has 3 aromatic rings. The van der Waals surface area contributed by atoms with E-state index in [4.69, 9.17) is 16.0 Å². The lowest BCUT2D eigenvalue weighted by Gasteiger charge is -1.94. The SMILES string of the molecule is ClCCC=Cc1ccc2oc3ccccc3c2c1. The molecule has 0 unspecified atom stereocenters. The Bertz CT molecular complexity index is 709. The van der Waals surface area contributed by atoms with Crippen molar-refractivity contribution in [3.63, 3.8) is 0 Å². The van der Waals surface area contributed by atoms with Crippen LogP contribution in [-0.4, -0.2) is 5.88 Å². The topological polar surface area (TPSA) is 13.1 Å². The van der Waals surface area contributed by atoms with Crippen LogP contribution in [0, 0.1) is 0 Å². The molecule has 2 aromatic carbocycles. The van der Waals surface area contributed by atoms with Crippen LogP contribution >= 0.6 is 11.6 Å². The molecule has 0 saturated carbocycles. The molecular formula is C16H13ClO. The highest BCUT2D eigenvalue weighted by molar-refractivity contribution is 6.17. The number of benzene rings is 2. The van der Waals surface area contributed by atoms with Gasteiger partial charge in [-0.25, -0.2) is 0 Å². The molecule has 0 N–H and O–H groups in total.